The molecule has 2 aliphatic heterocycles. The van der Waals surface area contributed by atoms with E-state index in [2.05, 4.69) is 52.6 Å². The Hall–Kier alpha value is -0.390. The molecule has 0 bridgehead atoms. The van der Waals surface area contributed by atoms with Crippen LogP contribution in [0.3, 0.4) is 0 Å². The SMILES string of the molecule is CCCSC[C@H]1CN(C)C[C@H]2c3cc(OC)cc(Br)c3OC[C@H]12. The summed E-state index contributed by atoms with van der Waals surface area (Å²) in [5, 5.41) is 0. The van der Waals surface area contributed by atoms with Gasteiger partial charge in [-0.3, -0.25) is 0 Å². The molecule has 3 nitrogen and oxygen atoms in total. The van der Waals surface area contributed by atoms with Gasteiger partial charge in [0.05, 0.1) is 18.2 Å². The fourth-order valence-electron chi connectivity index (χ4n) is 3.86. The van der Waals surface area contributed by atoms with E-state index in [9.17, 15) is 0 Å². The van der Waals surface area contributed by atoms with Gasteiger partial charge in [0.15, 0.2) is 0 Å². The molecule has 3 rings (SSSR count). The van der Waals surface area contributed by atoms with Crippen LogP contribution in [-0.4, -0.2) is 50.3 Å². The fraction of sp³-hybridized carbons (Fsp3) is 0.667. The molecule has 0 unspecified atom stereocenters. The standard InChI is InChI=1S/C18H26BrNO2S/c1-4-5-23-11-12-8-20(2)9-15-14-6-13(21-3)7-17(19)18(14)22-10-16(12)15/h6-7,12,15-16H,4-5,8-11H2,1-3H3/t12-,15+,16-/m1/s1. The van der Waals surface area contributed by atoms with Crippen molar-refractivity contribution in [3.63, 3.8) is 0 Å². The van der Waals surface area contributed by atoms with Crippen LogP contribution in [0.15, 0.2) is 16.6 Å². The van der Waals surface area contributed by atoms with Crippen molar-refractivity contribution in [1.82, 2.24) is 4.90 Å². The van der Waals surface area contributed by atoms with E-state index in [-0.39, 0.29) is 0 Å². The molecule has 1 saturated heterocycles. The number of benzene rings is 1. The summed E-state index contributed by atoms with van der Waals surface area (Å²) in [5.41, 5.74) is 1.31. The van der Waals surface area contributed by atoms with Crippen LogP contribution in [0.5, 0.6) is 11.5 Å². The summed E-state index contributed by atoms with van der Waals surface area (Å²) in [6, 6.07) is 4.17. The second-order valence-electron chi connectivity index (χ2n) is 6.67. The maximum Gasteiger partial charge on any atom is 0.137 e. The Balaban J connectivity index is 1.87. The van der Waals surface area contributed by atoms with Crippen molar-refractivity contribution < 1.29 is 9.47 Å². The van der Waals surface area contributed by atoms with Gasteiger partial charge in [0.1, 0.15) is 11.5 Å². The van der Waals surface area contributed by atoms with Gasteiger partial charge in [0.25, 0.3) is 0 Å². The van der Waals surface area contributed by atoms with E-state index in [0.29, 0.717) is 17.8 Å². The Labute approximate surface area is 152 Å². The van der Waals surface area contributed by atoms with Crippen molar-refractivity contribution in [3.05, 3.63) is 22.2 Å². The normalized spacial score (nSPS) is 27.0. The number of thioether (sulfide) groups is 1. The summed E-state index contributed by atoms with van der Waals surface area (Å²) in [5.74, 6) is 6.27. The Bertz CT molecular complexity index is 554. The second kappa shape index (κ2) is 7.66. The lowest BCUT2D eigenvalue weighted by molar-refractivity contribution is 0.0698. The molecule has 0 spiro atoms. The predicted molar refractivity (Wildman–Crippen MR) is 101 cm³/mol. The van der Waals surface area contributed by atoms with Crippen LogP contribution in [0.1, 0.15) is 24.8 Å². The summed E-state index contributed by atoms with van der Waals surface area (Å²) in [4.78, 5) is 2.49. The minimum absolute atomic E-state index is 0.538. The monoisotopic (exact) mass is 399 g/mol. The summed E-state index contributed by atoms with van der Waals surface area (Å²) >= 11 is 5.74. The Kier molecular flexibility index (Phi) is 5.81. The molecule has 5 heteroatoms. The van der Waals surface area contributed by atoms with Crippen LogP contribution in [0.2, 0.25) is 0 Å². The van der Waals surface area contributed by atoms with Crippen LogP contribution >= 0.6 is 27.7 Å². The molecule has 128 valence electrons. The molecule has 0 N–H and O–H groups in total. The molecule has 0 amide bonds. The molecule has 2 heterocycles. The van der Waals surface area contributed by atoms with E-state index in [1.807, 2.05) is 6.07 Å². The number of likely N-dealkylation sites (tertiary alicyclic amines) is 1. The highest BCUT2D eigenvalue weighted by Gasteiger charge is 2.41. The topological polar surface area (TPSA) is 21.7 Å². The van der Waals surface area contributed by atoms with E-state index >= 15 is 0 Å². The number of piperidine rings is 1. The van der Waals surface area contributed by atoms with Crippen molar-refractivity contribution in [1.29, 1.82) is 0 Å². The quantitative estimate of drug-likeness (QED) is 0.689. The zero-order valence-corrected chi connectivity index (χ0v) is 16.6. The van der Waals surface area contributed by atoms with Crippen LogP contribution in [-0.2, 0) is 0 Å². The number of halogens is 1. The van der Waals surface area contributed by atoms with E-state index in [4.69, 9.17) is 9.47 Å². The van der Waals surface area contributed by atoms with E-state index < -0.39 is 0 Å². The van der Waals surface area contributed by atoms with Gasteiger partial charge in [-0.15, -0.1) is 0 Å². The summed E-state index contributed by atoms with van der Waals surface area (Å²) < 4.78 is 12.6. The lowest BCUT2D eigenvalue weighted by Crippen LogP contribution is -2.48. The van der Waals surface area contributed by atoms with Crippen molar-refractivity contribution in [2.75, 3.05) is 45.4 Å². The number of nitrogens with zero attached hydrogens (tertiary/aromatic N) is 1. The minimum atomic E-state index is 0.538. The molecule has 1 aromatic rings. The molecule has 0 radical (unpaired) electrons. The minimum Gasteiger partial charge on any atom is -0.497 e. The lowest BCUT2D eigenvalue weighted by Gasteiger charge is -2.45. The van der Waals surface area contributed by atoms with Crippen molar-refractivity contribution in [3.8, 4) is 11.5 Å². The van der Waals surface area contributed by atoms with Crippen molar-refractivity contribution >= 4 is 27.7 Å². The van der Waals surface area contributed by atoms with Gasteiger partial charge in [-0.25, -0.2) is 0 Å². The third-order valence-corrected chi connectivity index (χ3v) is 6.91. The van der Waals surface area contributed by atoms with Crippen LogP contribution in [0.4, 0.5) is 0 Å². The maximum atomic E-state index is 6.16. The van der Waals surface area contributed by atoms with Crippen molar-refractivity contribution in [2.24, 2.45) is 11.8 Å². The average Bonchev–Trinajstić information content (AvgIpc) is 2.54. The molecule has 0 saturated carbocycles. The van der Waals surface area contributed by atoms with Gasteiger partial charge >= 0.3 is 0 Å². The first-order valence-corrected chi connectivity index (χ1v) is 10.3. The third kappa shape index (κ3) is 3.67. The number of ether oxygens (including phenoxy) is 2. The van der Waals surface area contributed by atoms with Gasteiger partial charge in [-0.05, 0) is 59.0 Å². The Morgan fingerprint density at radius 2 is 2.22 bits per heavy atom. The fourth-order valence-corrected chi connectivity index (χ4v) is 5.54. The van der Waals surface area contributed by atoms with Crippen LogP contribution < -0.4 is 9.47 Å². The van der Waals surface area contributed by atoms with Gasteiger partial charge in [0, 0.05) is 30.5 Å². The molecular formula is C18H26BrNO2S. The first-order chi connectivity index (χ1) is 11.1. The summed E-state index contributed by atoms with van der Waals surface area (Å²) in [6.07, 6.45) is 1.25. The molecule has 1 fully saturated rings. The zero-order chi connectivity index (χ0) is 16.4. The molecule has 3 atom stereocenters. The largest absolute Gasteiger partial charge is 0.497 e. The second-order valence-corrected chi connectivity index (χ2v) is 8.67. The first kappa shape index (κ1) is 17.4. The maximum absolute atomic E-state index is 6.16. The number of fused-ring (bicyclic) bond motifs is 3. The molecule has 0 aliphatic carbocycles. The smallest absolute Gasteiger partial charge is 0.137 e. The van der Waals surface area contributed by atoms with Gasteiger partial charge in [0.2, 0.25) is 0 Å². The Morgan fingerprint density at radius 3 is 2.96 bits per heavy atom. The van der Waals surface area contributed by atoms with E-state index in [0.717, 1.165) is 29.1 Å². The van der Waals surface area contributed by atoms with E-state index in [1.165, 1.54) is 30.0 Å². The number of likely N-dealkylation sites (N-methyl/N-ethyl adjacent to an activating group) is 1. The molecule has 2 aliphatic rings. The summed E-state index contributed by atoms with van der Waals surface area (Å²) in [6.45, 7) is 5.39. The van der Waals surface area contributed by atoms with Gasteiger partial charge in [-0.2, -0.15) is 11.8 Å². The molecule has 0 aromatic heterocycles. The van der Waals surface area contributed by atoms with E-state index in [1.54, 1.807) is 7.11 Å². The highest BCUT2D eigenvalue weighted by molar-refractivity contribution is 9.10. The zero-order valence-electron chi connectivity index (χ0n) is 14.2. The highest BCUT2D eigenvalue weighted by atomic mass is 79.9. The molecule has 23 heavy (non-hydrogen) atoms. The average molecular weight is 400 g/mol. The predicted octanol–water partition coefficient (Wildman–Crippen LogP) is 4.25. The molecular weight excluding hydrogens is 374 g/mol. The van der Waals surface area contributed by atoms with Gasteiger partial charge < -0.3 is 14.4 Å². The Morgan fingerprint density at radius 1 is 1.39 bits per heavy atom. The first-order valence-electron chi connectivity index (χ1n) is 8.40. The van der Waals surface area contributed by atoms with Crippen LogP contribution in [0, 0.1) is 11.8 Å². The summed E-state index contributed by atoms with van der Waals surface area (Å²) in [7, 11) is 3.98. The number of rotatable bonds is 5. The number of methoxy groups -OCH3 is 1. The van der Waals surface area contributed by atoms with Crippen molar-refractivity contribution in [2.45, 2.75) is 19.3 Å². The third-order valence-electron chi connectivity index (χ3n) is 4.96. The molecule has 1 aromatic carbocycles. The highest BCUT2D eigenvalue weighted by Crippen LogP contribution is 2.48. The lowest BCUT2D eigenvalue weighted by atomic mass is 9.74. The van der Waals surface area contributed by atoms with Gasteiger partial charge in [-0.1, -0.05) is 6.92 Å². The number of hydrogen-bond donors (Lipinski definition) is 0. The van der Waals surface area contributed by atoms with Crippen LogP contribution in [0.25, 0.3) is 0 Å². The number of hydrogen-bond acceptors (Lipinski definition) is 4.